The zero-order chi connectivity index (χ0) is 15.8. The summed E-state index contributed by atoms with van der Waals surface area (Å²) in [5.74, 6) is -0.757. The topological polar surface area (TPSA) is 90.7 Å². The number of halogens is 1. The first-order valence-corrected chi connectivity index (χ1v) is 6.75. The van der Waals surface area contributed by atoms with E-state index in [0.717, 1.165) is 0 Å². The monoisotopic (exact) mass is 293 g/mol. The molecule has 0 aromatic heterocycles. The third-order valence-corrected chi connectivity index (χ3v) is 3.87. The minimum Gasteiger partial charge on any atom is -0.385 e. The van der Waals surface area contributed by atoms with Gasteiger partial charge in [0.25, 0.3) is 0 Å². The molecule has 5 nitrogen and oxygen atoms in total. The van der Waals surface area contributed by atoms with E-state index in [9.17, 15) is 9.18 Å². The summed E-state index contributed by atoms with van der Waals surface area (Å²) in [5.41, 5.74) is 10.2. The number of ether oxygens (including phenoxy) is 1. The largest absolute Gasteiger partial charge is 0.385 e. The molecule has 0 unspecified atom stereocenters. The molecule has 0 bridgehead atoms. The molecule has 1 aliphatic rings. The minimum absolute atomic E-state index is 0.242. The summed E-state index contributed by atoms with van der Waals surface area (Å²) < 4.78 is 19.9. The van der Waals surface area contributed by atoms with Crippen LogP contribution in [0.15, 0.2) is 23.2 Å². The first-order chi connectivity index (χ1) is 9.66. The Bertz CT molecular complexity index is 613. The van der Waals surface area contributed by atoms with Crippen LogP contribution in [0.2, 0.25) is 0 Å². The van der Waals surface area contributed by atoms with Crippen molar-refractivity contribution in [3.63, 3.8) is 0 Å². The fourth-order valence-corrected chi connectivity index (χ4v) is 2.32. The van der Waals surface area contributed by atoms with Gasteiger partial charge in [0.2, 0.25) is 5.91 Å². The number of nitrogens with two attached hydrogens (primary N) is 2. The summed E-state index contributed by atoms with van der Waals surface area (Å²) in [6, 6.07) is 4.02. The Morgan fingerprint density at radius 1 is 1.38 bits per heavy atom. The molecule has 0 spiro atoms. The van der Waals surface area contributed by atoms with Crippen molar-refractivity contribution in [2.45, 2.75) is 38.3 Å². The number of rotatable bonds is 2. The summed E-state index contributed by atoms with van der Waals surface area (Å²) in [7, 11) is 0. The normalized spacial score (nSPS) is 25.0. The van der Waals surface area contributed by atoms with Gasteiger partial charge in [0.15, 0.2) is 0 Å². The number of nitrogens with zero attached hydrogens (tertiary/aromatic N) is 1. The maximum absolute atomic E-state index is 14.2. The van der Waals surface area contributed by atoms with Gasteiger partial charge in [0, 0.05) is 17.5 Å². The van der Waals surface area contributed by atoms with E-state index in [1.807, 2.05) is 13.8 Å². The lowest BCUT2D eigenvalue weighted by molar-refractivity contribution is 0.0319. The van der Waals surface area contributed by atoms with Gasteiger partial charge in [-0.2, -0.15) is 0 Å². The Labute approximate surface area is 123 Å². The molecule has 1 heterocycles. The molecule has 1 aliphatic heterocycles. The fraction of sp³-hybridized carbons (Fsp3) is 0.467. The van der Waals surface area contributed by atoms with Gasteiger partial charge in [0.05, 0.1) is 12.1 Å². The Kier molecular flexibility index (Phi) is 3.76. The van der Waals surface area contributed by atoms with Crippen LogP contribution in [-0.2, 0) is 10.3 Å². The fourth-order valence-electron chi connectivity index (χ4n) is 2.32. The third-order valence-electron chi connectivity index (χ3n) is 3.87. The quantitative estimate of drug-likeness (QED) is 0.869. The number of hydrogen-bond donors (Lipinski definition) is 2. The average molecular weight is 293 g/mol. The van der Waals surface area contributed by atoms with Crippen molar-refractivity contribution in [2.24, 2.45) is 16.5 Å². The van der Waals surface area contributed by atoms with Crippen LogP contribution in [0.25, 0.3) is 0 Å². The maximum atomic E-state index is 14.2. The minimum atomic E-state index is -0.895. The highest BCUT2D eigenvalue weighted by molar-refractivity contribution is 5.93. The molecular weight excluding hydrogens is 273 g/mol. The number of benzene rings is 1. The van der Waals surface area contributed by atoms with Crippen molar-refractivity contribution in [2.75, 3.05) is 6.61 Å². The van der Waals surface area contributed by atoms with Gasteiger partial charge < -0.3 is 16.2 Å². The van der Waals surface area contributed by atoms with Crippen LogP contribution in [0.5, 0.6) is 0 Å². The molecule has 1 aromatic carbocycles. The summed E-state index contributed by atoms with van der Waals surface area (Å²) in [6.07, 6.45) is 0.455. The van der Waals surface area contributed by atoms with Crippen LogP contribution >= 0.6 is 0 Å². The number of carbonyl (C=O) groups excluding carboxylic acids is 1. The molecule has 1 amide bonds. The molecule has 0 saturated carbocycles. The first-order valence-electron chi connectivity index (χ1n) is 6.75. The van der Waals surface area contributed by atoms with E-state index in [4.69, 9.17) is 16.2 Å². The van der Waals surface area contributed by atoms with E-state index < -0.39 is 22.9 Å². The molecular formula is C15H20FN3O2. The maximum Gasteiger partial charge on any atom is 0.248 e. The first kappa shape index (κ1) is 15.4. The lowest BCUT2D eigenvalue weighted by atomic mass is 9.88. The molecule has 0 radical (unpaired) electrons. The highest BCUT2D eigenvalue weighted by Crippen LogP contribution is 2.35. The molecule has 0 aliphatic carbocycles. The Hall–Kier alpha value is -1.95. The van der Waals surface area contributed by atoms with Gasteiger partial charge >= 0.3 is 0 Å². The van der Waals surface area contributed by atoms with Crippen LogP contribution in [0.3, 0.4) is 0 Å². The predicted molar refractivity (Wildman–Crippen MR) is 78.5 cm³/mol. The lowest BCUT2D eigenvalue weighted by Gasteiger charge is -2.25. The number of primary amides is 1. The van der Waals surface area contributed by atoms with Gasteiger partial charge in [-0.1, -0.05) is 0 Å². The number of amides is 1. The van der Waals surface area contributed by atoms with Gasteiger partial charge in [-0.25, -0.2) is 4.39 Å². The van der Waals surface area contributed by atoms with E-state index in [1.165, 1.54) is 18.2 Å². The van der Waals surface area contributed by atoms with Gasteiger partial charge in [-0.3, -0.25) is 9.79 Å². The zero-order valence-corrected chi connectivity index (χ0v) is 12.4. The third kappa shape index (κ3) is 2.90. The van der Waals surface area contributed by atoms with E-state index in [-0.39, 0.29) is 5.56 Å². The van der Waals surface area contributed by atoms with Crippen molar-refractivity contribution in [3.05, 3.63) is 35.1 Å². The van der Waals surface area contributed by atoms with Gasteiger partial charge in [-0.15, -0.1) is 0 Å². The van der Waals surface area contributed by atoms with Crippen LogP contribution < -0.4 is 11.5 Å². The molecule has 2 rings (SSSR count). The molecule has 6 heteroatoms. The lowest BCUT2D eigenvalue weighted by Crippen LogP contribution is -2.40. The van der Waals surface area contributed by atoms with Crippen molar-refractivity contribution in [1.29, 1.82) is 0 Å². The van der Waals surface area contributed by atoms with E-state index in [1.54, 1.807) is 6.92 Å². The van der Waals surface area contributed by atoms with E-state index in [2.05, 4.69) is 4.99 Å². The number of hydrogen-bond acceptors (Lipinski definition) is 4. The van der Waals surface area contributed by atoms with Crippen LogP contribution in [-0.4, -0.2) is 24.0 Å². The predicted octanol–water partition coefficient (Wildman–Crippen LogP) is 1.70. The summed E-state index contributed by atoms with van der Waals surface area (Å²) in [6.45, 7) is 5.78. The number of amidine groups is 1. The highest BCUT2D eigenvalue weighted by Gasteiger charge is 2.36. The summed E-state index contributed by atoms with van der Waals surface area (Å²) in [5, 5.41) is 0. The van der Waals surface area contributed by atoms with E-state index >= 15 is 0 Å². The SMILES string of the molecule is CC1(C)OCC[C@@](C)(c2cc(C(N)=O)ccc2F)N=C1N. The van der Waals surface area contributed by atoms with Gasteiger partial charge in [0.1, 0.15) is 17.3 Å². The molecule has 4 N–H and O–H groups in total. The van der Waals surface area contributed by atoms with Gasteiger partial charge in [-0.05, 0) is 39.0 Å². The number of carbonyl (C=O) groups is 1. The smallest absolute Gasteiger partial charge is 0.248 e. The molecule has 0 saturated heterocycles. The van der Waals surface area contributed by atoms with Crippen LogP contribution in [0.1, 0.15) is 43.1 Å². The van der Waals surface area contributed by atoms with Crippen molar-refractivity contribution < 1.29 is 13.9 Å². The van der Waals surface area contributed by atoms with Crippen molar-refractivity contribution in [1.82, 2.24) is 0 Å². The zero-order valence-electron chi connectivity index (χ0n) is 12.4. The second-order valence-corrected chi connectivity index (χ2v) is 5.94. The second kappa shape index (κ2) is 5.11. The van der Waals surface area contributed by atoms with Crippen molar-refractivity contribution in [3.8, 4) is 0 Å². The molecule has 21 heavy (non-hydrogen) atoms. The highest BCUT2D eigenvalue weighted by atomic mass is 19.1. The van der Waals surface area contributed by atoms with E-state index in [0.29, 0.717) is 24.4 Å². The number of aliphatic imine (C=N–C) groups is 1. The average Bonchev–Trinajstić information content (AvgIpc) is 2.47. The summed E-state index contributed by atoms with van der Waals surface area (Å²) in [4.78, 5) is 15.8. The Balaban J connectivity index is 2.56. The van der Waals surface area contributed by atoms with Crippen molar-refractivity contribution >= 4 is 11.7 Å². The molecule has 1 atom stereocenters. The molecule has 114 valence electrons. The molecule has 0 fully saturated rings. The second-order valence-electron chi connectivity index (χ2n) is 5.94. The standard InChI is InChI=1S/C15H20FN3O2/c1-14(2)13(18)19-15(3,6-7-21-14)10-8-9(12(17)20)4-5-11(10)16/h4-5,8H,6-7H2,1-3H3,(H2,17,20)(H2,18,19)/t15-/m0/s1. The summed E-state index contributed by atoms with van der Waals surface area (Å²) >= 11 is 0. The van der Waals surface area contributed by atoms with Crippen LogP contribution in [0, 0.1) is 5.82 Å². The van der Waals surface area contributed by atoms with Crippen LogP contribution in [0.4, 0.5) is 4.39 Å². The Morgan fingerprint density at radius 3 is 2.67 bits per heavy atom. The molecule has 1 aromatic rings. The Morgan fingerprint density at radius 2 is 2.05 bits per heavy atom.